The minimum Gasteiger partial charge on any atom is -0.452 e. The van der Waals surface area contributed by atoms with Crippen LogP contribution in [0.5, 0.6) is 0 Å². The molecule has 7 nitrogen and oxygen atoms in total. The van der Waals surface area contributed by atoms with Crippen molar-refractivity contribution in [2.24, 2.45) is 0 Å². The van der Waals surface area contributed by atoms with Gasteiger partial charge in [-0.3, -0.25) is 4.79 Å². The SMILES string of the molecule is O=C(OCC(=O)N1CCCCCC1)c1ccc(Cl)c(S(=O)(=O)NCc2ccccc2)c1. The molecule has 0 radical (unpaired) electrons. The van der Waals surface area contributed by atoms with Crippen LogP contribution in [-0.2, 0) is 26.1 Å². The van der Waals surface area contributed by atoms with Crippen LogP contribution < -0.4 is 4.72 Å². The van der Waals surface area contributed by atoms with E-state index in [4.69, 9.17) is 16.3 Å². The van der Waals surface area contributed by atoms with E-state index in [2.05, 4.69) is 4.72 Å². The first-order valence-electron chi connectivity index (χ1n) is 10.1. The van der Waals surface area contributed by atoms with Gasteiger partial charge in [0.1, 0.15) is 4.90 Å². The van der Waals surface area contributed by atoms with Crippen LogP contribution in [0.2, 0.25) is 5.02 Å². The first-order valence-corrected chi connectivity index (χ1v) is 12.0. The van der Waals surface area contributed by atoms with Crippen molar-refractivity contribution in [2.75, 3.05) is 19.7 Å². The average Bonchev–Trinajstić information content (AvgIpc) is 3.06. The summed E-state index contributed by atoms with van der Waals surface area (Å²) in [5.41, 5.74) is 0.790. The van der Waals surface area contributed by atoms with Gasteiger partial charge in [-0.15, -0.1) is 0 Å². The molecule has 1 N–H and O–H groups in total. The van der Waals surface area contributed by atoms with Crippen molar-refractivity contribution < 1.29 is 22.7 Å². The average molecular weight is 465 g/mol. The number of nitrogens with one attached hydrogen (secondary N) is 1. The molecule has 0 aromatic heterocycles. The topological polar surface area (TPSA) is 92.8 Å². The lowest BCUT2D eigenvalue weighted by atomic mass is 10.2. The zero-order valence-electron chi connectivity index (χ0n) is 17.1. The Morgan fingerprint density at radius 3 is 2.35 bits per heavy atom. The van der Waals surface area contributed by atoms with E-state index in [1.807, 2.05) is 6.07 Å². The molecule has 3 rings (SSSR count). The molecule has 0 saturated carbocycles. The van der Waals surface area contributed by atoms with Crippen LogP contribution in [-0.4, -0.2) is 44.9 Å². The van der Waals surface area contributed by atoms with Crippen molar-refractivity contribution in [3.8, 4) is 0 Å². The highest BCUT2D eigenvalue weighted by Gasteiger charge is 2.22. The Bertz CT molecular complexity index is 1020. The van der Waals surface area contributed by atoms with Crippen LogP contribution in [0.4, 0.5) is 0 Å². The Morgan fingerprint density at radius 2 is 1.68 bits per heavy atom. The van der Waals surface area contributed by atoms with Crippen molar-refractivity contribution in [2.45, 2.75) is 37.1 Å². The highest BCUT2D eigenvalue weighted by molar-refractivity contribution is 7.89. The molecule has 166 valence electrons. The lowest BCUT2D eigenvalue weighted by molar-refractivity contribution is -0.134. The molecule has 2 aromatic rings. The number of halogens is 1. The number of amides is 1. The number of esters is 1. The van der Waals surface area contributed by atoms with Gasteiger partial charge in [-0.05, 0) is 36.6 Å². The third-order valence-corrected chi connectivity index (χ3v) is 6.93. The van der Waals surface area contributed by atoms with Crippen LogP contribution >= 0.6 is 11.6 Å². The summed E-state index contributed by atoms with van der Waals surface area (Å²) in [6.45, 7) is 1.02. The monoisotopic (exact) mass is 464 g/mol. The number of hydrogen-bond acceptors (Lipinski definition) is 5. The molecule has 2 aromatic carbocycles. The molecular weight excluding hydrogens is 440 g/mol. The fourth-order valence-electron chi connectivity index (χ4n) is 3.31. The van der Waals surface area contributed by atoms with Crippen molar-refractivity contribution in [3.05, 3.63) is 64.7 Å². The Kier molecular flexibility index (Phi) is 8.06. The quantitative estimate of drug-likeness (QED) is 0.634. The molecule has 0 spiro atoms. The van der Waals surface area contributed by atoms with Gasteiger partial charge in [0.15, 0.2) is 6.61 Å². The second-order valence-corrected chi connectivity index (χ2v) is 9.47. The van der Waals surface area contributed by atoms with E-state index < -0.39 is 16.0 Å². The van der Waals surface area contributed by atoms with Crippen LogP contribution in [0.1, 0.15) is 41.6 Å². The minimum atomic E-state index is -3.96. The summed E-state index contributed by atoms with van der Waals surface area (Å²) in [5, 5.41) is -0.0160. The summed E-state index contributed by atoms with van der Waals surface area (Å²) in [6, 6.07) is 12.9. The van der Waals surface area contributed by atoms with E-state index >= 15 is 0 Å². The number of sulfonamides is 1. The normalized spacial score (nSPS) is 14.7. The molecule has 1 aliphatic rings. The number of carbonyl (C=O) groups excluding carboxylic acids is 2. The summed E-state index contributed by atoms with van der Waals surface area (Å²) < 4.78 is 33.0. The van der Waals surface area contributed by atoms with Crippen LogP contribution in [0.15, 0.2) is 53.4 Å². The van der Waals surface area contributed by atoms with Crippen molar-refractivity contribution >= 4 is 33.5 Å². The number of rotatable bonds is 7. The molecule has 0 aliphatic carbocycles. The van der Waals surface area contributed by atoms with E-state index in [1.165, 1.54) is 12.1 Å². The summed E-state index contributed by atoms with van der Waals surface area (Å²) >= 11 is 6.08. The van der Waals surface area contributed by atoms with Gasteiger partial charge in [0.2, 0.25) is 10.0 Å². The van der Waals surface area contributed by atoms with Gasteiger partial charge in [-0.2, -0.15) is 0 Å². The van der Waals surface area contributed by atoms with Crippen molar-refractivity contribution in [1.29, 1.82) is 0 Å². The van der Waals surface area contributed by atoms with Gasteiger partial charge >= 0.3 is 5.97 Å². The van der Waals surface area contributed by atoms with E-state index in [9.17, 15) is 18.0 Å². The van der Waals surface area contributed by atoms with Crippen LogP contribution in [0.3, 0.4) is 0 Å². The second kappa shape index (κ2) is 10.7. The molecule has 31 heavy (non-hydrogen) atoms. The zero-order chi connectivity index (χ0) is 22.3. The molecule has 1 aliphatic heterocycles. The fourth-order valence-corrected chi connectivity index (χ4v) is 4.85. The molecule has 0 unspecified atom stereocenters. The van der Waals surface area contributed by atoms with Gasteiger partial charge in [0, 0.05) is 19.6 Å². The number of ether oxygens (including phenoxy) is 1. The lowest BCUT2D eigenvalue weighted by Crippen LogP contribution is -2.35. The Hall–Kier alpha value is -2.42. The van der Waals surface area contributed by atoms with Gasteiger partial charge in [-0.25, -0.2) is 17.9 Å². The predicted octanol–water partition coefficient (Wildman–Crippen LogP) is 3.38. The second-order valence-electron chi connectivity index (χ2n) is 7.33. The van der Waals surface area contributed by atoms with Gasteiger partial charge in [-0.1, -0.05) is 54.8 Å². The van der Waals surface area contributed by atoms with E-state index in [0.29, 0.717) is 13.1 Å². The van der Waals surface area contributed by atoms with E-state index in [1.54, 1.807) is 29.2 Å². The minimum absolute atomic E-state index is 0.00755. The molecule has 1 fully saturated rings. The Morgan fingerprint density at radius 1 is 1.00 bits per heavy atom. The molecule has 1 amide bonds. The van der Waals surface area contributed by atoms with Gasteiger partial charge in [0.05, 0.1) is 10.6 Å². The summed E-state index contributed by atoms with van der Waals surface area (Å²) in [5.74, 6) is -1.03. The maximum absolute atomic E-state index is 12.7. The largest absolute Gasteiger partial charge is 0.452 e. The van der Waals surface area contributed by atoms with E-state index in [-0.39, 0.29) is 34.5 Å². The molecule has 1 saturated heterocycles. The molecular formula is C22H25ClN2O5S. The highest BCUT2D eigenvalue weighted by Crippen LogP contribution is 2.23. The number of nitrogens with zero attached hydrogens (tertiary/aromatic N) is 1. The van der Waals surface area contributed by atoms with Crippen LogP contribution in [0.25, 0.3) is 0 Å². The van der Waals surface area contributed by atoms with Crippen molar-refractivity contribution in [1.82, 2.24) is 9.62 Å². The first kappa shape index (κ1) is 23.2. The molecule has 9 heteroatoms. The Labute approximate surface area is 187 Å². The summed E-state index contributed by atoms with van der Waals surface area (Å²) in [7, 11) is -3.96. The lowest BCUT2D eigenvalue weighted by Gasteiger charge is -2.20. The number of carbonyl (C=O) groups is 2. The molecule has 1 heterocycles. The third kappa shape index (κ3) is 6.53. The maximum atomic E-state index is 12.7. The molecule has 0 bridgehead atoms. The van der Waals surface area contributed by atoms with Gasteiger partial charge < -0.3 is 9.64 Å². The van der Waals surface area contributed by atoms with Crippen molar-refractivity contribution in [3.63, 3.8) is 0 Å². The number of likely N-dealkylation sites (tertiary alicyclic amines) is 1. The highest BCUT2D eigenvalue weighted by atomic mass is 35.5. The summed E-state index contributed by atoms with van der Waals surface area (Å²) in [6.07, 6.45) is 4.05. The smallest absolute Gasteiger partial charge is 0.338 e. The van der Waals surface area contributed by atoms with Gasteiger partial charge in [0.25, 0.3) is 5.91 Å². The fraction of sp³-hybridized carbons (Fsp3) is 0.364. The predicted molar refractivity (Wildman–Crippen MR) is 117 cm³/mol. The zero-order valence-corrected chi connectivity index (χ0v) is 18.6. The summed E-state index contributed by atoms with van der Waals surface area (Å²) in [4.78, 5) is 26.2. The number of benzene rings is 2. The maximum Gasteiger partial charge on any atom is 0.338 e. The Balaban J connectivity index is 1.65. The number of hydrogen-bond donors (Lipinski definition) is 1. The standard InChI is InChI=1S/C22H25ClN2O5S/c23-19-11-10-18(22(27)30-16-21(26)25-12-6-1-2-7-13-25)14-20(19)31(28,29)24-15-17-8-4-3-5-9-17/h3-5,8-11,14,24H,1-2,6-7,12-13,15-16H2. The molecule has 0 atom stereocenters. The first-order chi connectivity index (χ1) is 14.9. The third-order valence-electron chi connectivity index (χ3n) is 5.05. The van der Waals surface area contributed by atoms with Crippen LogP contribution in [0, 0.1) is 0 Å². The van der Waals surface area contributed by atoms with E-state index in [0.717, 1.165) is 37.3 Å².